The number of carbonyl (C=O) groups is 1. The normalized spacial score (nSPS) is 17.3. The lowest BCUT2D eigenvalue weighted by molar-refractivity contribution is -0.00930. The Morgan fingerprint density at radius 3 is 2.69 bits per heavy atom. The molecule has 3 aromatic rings. The summed E-state index contributed by atoms with van der Waals surface area (Å²) >= 11 is 3.70. The molecule has 1 atom stereocenters. The Morgan fingerprint density at radius 1 is 1.19 bits per heavy atom. The number of rotatable bonds is 3. The van der Waals surface area contributed by atoms with Gasteiger partial charge in [0.2, 0.25) is 0 Å². The van der Waals surface area contributed by atoms with Crippen LogP contribution in [0, 0.1) is 0 Å². The lowest BCUT2D eigenvalue weighted by Crippen LogP contribution is -2.50. The van der Waals surface area contributed by atoms with Crippen LogP contribution in [0.3, 0.4) is 0 Å². The van der Waals surface area contributed by atoms with Crippen molar-refractivity contribution in [1.29, 1.82) is 0 Å². The molecule has 2 aliphatic rings. The van der Waals surface area contributed by atoms with E-state index in [0.29, 0.717) is 36.5 Å². The number of carbonyl (C=O) groups excluding carboxylic acids is 1. The van der Waals surface area contributed by atoms with E-state index in [2.05, 4.69) is 4.57 Å². The van der Waals surface area contributed by atoms with Gasteiger partial charge in [-0.3, -0.25) is 9.00 Å². The molecule has 2 aliphatic heterocycles. The van der Waals surface area contributed by atoms with Crippen LogP contribution in [0.2, 0.25) is 5.02 Å². The molecule has 32 heavy (non-hydrogen) atoms. The van der Waals surface area contributed by atoms with Gasteiger partial charge in [-0.1, -0.05) is 11.6 Å². The molecule has 1 aromatic heterocycles. The van der Waals surface area contributed by atoms with Crippen LogP contribution in [0.15, 0.2) is 59.6 Å². The first-order valence-corrected chi connectivity index (χ1v) is 11.6. The molecule has 0 aliphatic carbocycles. The Kier molecular flexibility index (Phi) is 5.23. The number of nitrogens with zero attached hydrogens (tertiary/aromatic N) is 2. The van der Waals surface area contributed by atoms with Crippen LogP contribution >= 0.6 is 11.6 Å². The molecule has 1 spiro atoms. The third kappa shape index (κ3) is 3.39. The first kappa shape index (κ1) is 21.1. The van der Waals surface area contributed by atoms with E-state index in [1.54, 1.807) is 11.0 Å². The largest absolute Gasteiger partial charge is 0.768 e. The molecule has 0 N–H and O–H groups in total. The van der Waals surface area contributed by atoms with Crippen LogP contribution in [-0.2, 0) is 16.7 Å². The first-order chi connectivity index (χ1) is 15.4. The number of methoxy groups -OCH3 is 1. The van der Waals surface area contributed by atoms with E-state index in [9.17, 15) is 13.6 Å². The minimum absolute atomic E-state index is 0.0336. The average molecular weight is 472 g/mol. The zero-order chi connectivity index (χ0) is 22.5. The zero-order valence-electron chi connectivity index (χ0n) is 17.2. The van der Waals surface area contributed by atoms with Crippen molar-refractivity contribution in [3.8, 4) is 17.2 Å². The lowest BCUT2D eigenvalue weighted by Gasteiger charge is -2.45. The summed E-state index contributed by atoms with van der Waals surface area (Å²) in [5.74, 6) is 0.712. The van der Waals surface area contributed by atoms with Gasteiger partial charge in [0.1, 0.15) is 11.5 Å². The Morgan fingerprint density at radius 2 is 1.97 bits per heavy atom. The summed E-state index contributed by atoms with van der Waals surface area (Å²) in [7, 11) is 1.39. The molecule has 0 saturated carbocycles. The summed E-state index contributed by atoms with van der Waals surface area (Å²) in [4.78, 5) is 14.8. The maximum Gasteiger partial charge on any atom is 0.253 e. The predicted octanol–water partition coefficient (Wildman–Crippen LogP) is 3.90. The van der Waals surface area contributed by atoms with E-state index in [0.717, 1.165) is 17.1 Å². The number of halogens is 1. The van der Waals surface area contributed by atoms with E-state index in [4.69, 9.17) is 21.1 Å². The van der Waals surface area contributed by atoms with Gasteiger partial charge in [0.05, 0.1) is 23.4 Å². The highest BCUT2D eigenvalue weighted by Gasteiger charge is 2.44. The monoisotopic (exact) mass is 471 g/mol. The van der Waals surface area contributed by atoms with Gasteiger partial charge < -0.3 is 23.5 Å². The number of hydrogen-bond acceptors (Lipinski definition) is 5. The Balaban J connectivity index is 1.39. The molecular weight excluding hydrogens is 452 g/mol. The molecule has 9 heteroatoms. The minimum Gasteiger partial charge on any atom is -0.768 e. The van der Waals surface area contributed by atoms with Gasteiger partial charge in [-0.2, -0.15) is 0 Å². The number of amides is 1. The Bertz CT molecular complexity index is 1230. The summed E-state index contributed by atoms with van der Waals surface area (Å²) in [6.07, 6.45) is 3.21. The molecule has 166 valence electrons. The van der Waals surface area contributed by atoms with Crippen molar-refractivity contribution >= 4 is 28.6 Å². The van der Waals surface area contributed by atoms with E-state index >= 15 is 0 Å². The van der Waals surface area contributed by atoms with Crippen LogP contribution in [-0.4, -0.2) is 44.3 Å². The zero-order valence-corrected chi connectivity index (χ0v) is 18.8. The summed E-state index contributed by atoms with van der Waals surface area (Å²) in [6, 6.07) is 14.1. The molecule has 7 nitrogen and oxygen atoms in total. The Hall–Kier alpha value is -2.81. The number of benzene rings is 2. The second-order valence-electron chi connectivity index (χ2n) is 7.86. The van der Waals surface area contributed by atoms with Crippen molar-refractivity contribution in [2.45, 2.75) is 23.3 Å². The van der Waals surface area contributed by atoms with Gasteiger partial charge in [0, 0.05) is 48.8 Å². The summed E-state index contributed by atoms with van der Waals surface area (Å²) < 4.78 is 36.7. The van der Waals surface area contributed by atoms with Gasteiger partial charge in [0.15, 0.2) is 5.60 Å². The quantitative estimate of drug-likeness (QED) is 0.541. The second-order valence-corrected chi connectivity index (χ2v) is 9.21. The maximum atomic E-state index is 13.1. The first-order valence-electron chi connectivity index (χ1n) is 10.2. The smallest absolute Gasteiger partial charge is 0.253 e. The van der Waals surface area contributed by atoms with E-state index in [1.165, 1.54) is 19.2 Å². The van der Waals surface area contributed by atoms with E-state index < -0.39 is 16.7 Å². The van der Waals surface area contributed by atoms with Gasteiger partial charge in [-0.05, 0) is 53.5 Å². The molecule has 5 rings (SSSR count). The third-order valence-corrected chi connectivity index (χ3v) is 7.06. The van der Waals surface area contributed by atoms with E-state index in [-0.39, 0.29) is 16.6 Å². The number of ether oxygens (including phenoxy) is 2. The predicted molar refractivity (Wildman–Crippen MR) is 118 cm³/mol. The molecule has 2 aromatic carbocycles. The van der Waals surface area contributed by atoms with Crippen molar-refractivity contribution in [2.24, 2.45) is 0 Å². The maximum absolute atomic E-state index is 13.1. The molecular formula is C23H20ClN2O5S-. The topological polar surface area (TPSA) is 83.8 Å². The lowest BCUT2D eigenvalue weighted by atomic mass is 9.86. The number of aromatic nitrogens is 1. The third-order valence-electron chi connectivity index (χ3n) is 6.15. The molecule has 1 amide bonds. The van der Waals surface area contributed by atoms with Gasteiger partial charge in [-0.25, -0.2) is 0 Å². The van der Waals surface area contributed by atoms with Crippen molar-refractivity contribution < 1.29 is 23.0 Å². The van der Waals surface area contributed by atoms with Crippen molar-refractivity contribution in [3.63, 3.8) is 0 Å². The fourth-order valence-electron chi connectivity index (χ4n) is 4.55. The highest BCUT2D eigenvalue weighted by Crippen LogP contribution is 2.45. The number of piperidine rings is 1. The molecule has 1 saturated heterocycles. The summed E-state index contributed by atoms with van der Waals surface area (Å²) in [5.41, 5.74) is 1.74. The highest BCUT2D eigenvalue weighted by molar-refractivity contribution is 7.79. The van der Waals surface area contributed by atoms with Gasteiger partial charge in [0.25, 0.3) is 5.91 Å². The van der Waals surface area contributed by atoms with Gasteiger partial charge >= 0.3 is 0 Å². The van der Waals surface area contributed by atoms with Gasteiger partial charge in [-0.15, -0.1) is 0 Å². The van der Waals surface area contributed by atoms with Crippen LogP contribution in [0.5, 0.6) is 11.5 Å². The fourth-order valence-corrected chi connectivity index (χ4v) is 5.25. The van der Waals surface area contributed by atoms with Crippen molar-refractivity contribution in [3.05, 3.63) is 71.0 Å². The molecule has 3 heterocycles. The van der Waals surface area contributed by atoms with Crippen LogP contribution in [0.1, 0.15) is 28.9 Å². The molecule has 0 bridgehead atoms. The SMILES string of the molecule is COc1ccc(C(=O)N2CCC3(CC2)Oc2cc(Cl)ccc2-n2cccc23)cc1S(=O)[O-]. The van der Waals surface area contributed by atoms with Crippen molar-refractivity contribution in [1.82, 2.24) is 9.47 Å². The molecule has 0 radical (unpaired) electrons. The van der Waals surface area contributed by atoms with Crippen molar-refractivity contribution in [2.75, 3.05) is 20.2 Å². The average Bonchev–Trinajstić information content (AvgIpc) is 3.30. The summed E-state index contributed by atoms with van der Waals surface area (Å²) in [5, 5.41) is 0.605. The fraction of sp³-hybridized carbons (Fsp3) is 0.261. The van der Waals surface area contributed by atoms with Crippen LogP contribution in [0.4, 0.5) is 0 Å². The molecule has 1 unspecified atom stereocenters. The highest BCUT2D eigenvalue weighted by atomic mass is 35.5. The molecule has 1 fully saturated rings. The van der Waals surface area contributed by atoms with Crippen LogP contribution in [0.25, 0.3) is 5.69 Å². The number of likely N-dealkylation sites (tertiary alicyclic amines) is 1. The number of fused-ring (bicyclic) bond motifs is 4. The minimum atomic E-state index is -2.50. The second kappa shape index (κ2) is 7.95. The van der Waals surface area contributed by atoms with E-state index in [1.807, 2.05) is 36.5 Å². The summed E-state index contributed by atoms with van der Waals surface area (Å²) in [6.45, 7) is 0.948. The van der Waals surface area contributed by atoms with Crippen LogP contribution < -0.4 is 9.47 Å². The Labute approximate surface area is 192 Å². The number of hydrogen-bond donors (Lipinski definition) is 0. The standard InChI is InChI=1S/C23H21ClN2O5S/c1-30-18-7-4-15(13-20(18)32(28)29)22(27)25-11-8-23(9-12-25)21-3-2-10-26(21)17-6-5-16(24)14-19(17)31-23/h2-7,10,13-14H,8-9,11-12H2,1H3,(H,28,29)/p-1.